The minimum Gasteiger partial charge on any atom is -0.192 e. The molecule has 1 aromatic rings. The molecule has 3 heteroatoms. The topological polar surface area (TPSA) is 23.8 Å². The molecule has 0 spiro atoms. The molecular weight excluding hydrogens is 269 g/mol. The van der Waals surface area contributed by atoms with Gasteiger partial charge in [-0.3, -0.25) is 0 Å². The van der Waals surface area contributed by atoms with E-state index in [1.54, 1.807) is 6.07 Å². The van der Waals surface area contributed by atoms with Crippen LogP contribution in [0, 0.1) is 21.8 Å². The summed E-state index contributed by atoms with van der Waals surface area (Å²) >= 11 is 6.37. The van der Waals surface area contributed by atoms with E-state index < -0.39 is 0 Å². The molecule has 0 aromatic heterocycles. The van der Waals surface area contributed by atoms with Gasteiger partial charge in [-0.1, -0.05) is 0 Å². The third kappa shape index (κ3) is 1.88. The lowest BCUT2D eigenvalue weighted by Crippen LogP contribution is -1.86. The van der Waals surface area contributed by atoms with Gasteiger partial charge in [0.15, 0.2) is 0 Å². The van der Waals surface area contributed by atoms with E-state index in [1.807, 2.05) is 13.0 Å². The molecule has 0 aliphatic heterocycles. The summed E-state index contributed by atoms with van der Waals surface area (Å²) in [4.78, 5) is 0.844. The Morgan fingerprint density at radius 3 is 2.73 bits per heavy atom. The monoisotopic (exact) mass is 275 g/mol. The zero-order chi connectivity index (χ0) is 8.43. The second kappa shape index (κ2) is 3.46. The Bertz CT molecular complexity index is 328. The molecule has 56 valence electrons. The van der Waals surface area contributed by atoms with E-state index in [9.17, 15) is 0 Å². The Balaban J connectivity index is 3.39. The van der Waals surface area contributed by atoms with E-state index >= 15 is 0 Å². The van der Waals surface area contributed by atoms with Crippen LogP contribution in [-0.4, -0.2) is 0 Å². The SMILES string of the molecule is Cc1c(I)cc(S)cc1C#N. The molecule has 0 atom stereocenters. The van der Waals surface area contributed by atoms with Crippen molar-refractivity contribution in [1.29, 1.82) is 5.26 Å². The van der Waals surface area contributed by atoms with Gasteiger partial charge in [-0.05, 0) is 47.2 Å². The van der Waals surface area contributed by atoms with Gasteiger partial charge in [0.2, 0.25) is 0 Å². The normalized spacial score (nSPS) is 9.27. The van der Waals surface area contributed by atoms with Gasteiger partial charge in [-0.25, -0.2) is 0 Å². The van der Waals surface area contributed by atoms with Gasteiger partial charge < -0.3 is 0 Å². The smallest absolute Gasteiger partial charge is 0.0995 e. The van der Waals surface area contributed by atoms with Crippen molar-refractivity contribution in [3.8, 4) is 6.07 Å². The first kappa shape index (κ1) is 8.88. The maximum absolute atomic E-state index is 8.68. The Morgan fingerprint density at radius 2 is 2.18 bits per heavy atom. The fraction of sp³-hybridized carbons (Fsp3) is 0.125. The molecule has 1 nitrogen and oxygen atoms in total. The first-order valence-electron chi connectivity index (χ1n) is 3.04. The van der Waals surface area contributed by atoms with E-state index in [-0.39, 0.29) is 0 Å². The average Bonchev–Trinajstić information content (AvgIpc) is 1.96. The van der Waals surface area contributed by atoms with Crippen LogP contribution < -0.4 is 0 Å². The number of halogens is 1. The van der Waals surface area contributed by atoms with Crippen LogP contribution in [0.5, 0.6) is 0 Å². The third-order valence-electron chi connectivity index (χ3n) is 1.45. The van der Waals surface area contributed by atoms with Crippen molar-refractivity contribution in [2.45, 2.75) is 11.8 Å². The van der Waals surface area contributed by atoms with Crippen LogP contribution in [0.1, 0.15) is 11.1 Å². The predicted octanol–water partition coefficient (Wildman–Crippen LogP) is 2.76. The molecule has 0 heterocycles. The van der Waals surface area contributed by atoms with Gasteiger partial charge in [-0.15, -0.1) is 12.6 Å². The van der Waals surface area contributed by atoms with Crippen molar-refractivity contribution < 1.29 is 0 Å². The van der Waals surface area contributed by atoms with Gasteiger partial charge >= 0.3 is 0 Å². The molecule has 0 fully saturated rings. The Hall–Kier alpha value is -0.210. The molecular formula is C8H6INS. The third-order valence-corrected chi connectivity index (χ3v) is 2.83. The summed E-state index contributed by atoms with van der Waals surface area (Å²) in [6, 6.07) is 5.85. The number of nitrogens with zero attached hydrogens (tertiary/aromatic N) is 1. The first-order chi connectivity index (χ1) is 5.15. The number of hydrogen-bond acceptors (Lipinski definition) is 2. The Labute approximate surface area is 85.0 Å². The van der Waals surface area contributed by atoms with E-state index in [1.165, 1.54) is 0 Å². The maximum atomic E-state index is 8.68. The quantitative estimate of drug-likeness (QED) is 0.571. The predicted molar refractivity (Wildman–Crippen MR) is 55.9 cm³/mol. The lowest BCUT2D eigenvalue weighted by atomic mass is 10.1. The van der Waals surface area contributed by atoms with Gasteiger partial charge in [0.25, 0.3) is 0 Å². The summed E-state index contributed by atoms with van der Waals surface area (Å²) in [6.07, 6.45) is 0. The van der Waals surface area contributed by atoms with Crippen LogP contribution in [0.15, 0.2) is 17.0 Å². The standard InChI is InChI=1S/C8H6INS/c1-5-6(4-10)2-7(11)3-8(5)9/h2-3,11H,1H3. The average molecular weight is 275 g/mol. The first-order valence-corrected chi connectivity index (χ1v) is 4.57. The second-order valence-corrected chi connectivity index (χ2v) is 3.89. The molecule has 0 bridgehead atoms. The summed E-state index contributed by atoms with van der Waals surface area (Å²) in [5, 5.41) is 8.68. The highest BCUT2D eigenvalue weighted by atomic mass is 127. The molecule has 1 rings (SSSR count). The van der Waals surface area contributed by atoms with E-state index in [0.29, 0.717) is 5.56 Å². The van der Waals surface area contributed by atoms with Crippen LogP contribution in [-0.2, 0) is 0 Å². The van der Waals surface area contributed by atoms with E-state index in [0.717, 1.165) is 14.0 Å². The molecule has 0 aliphatic carbocycles. The zero-order valence-corrected chi connectivity index (χ0v) is 8.98. The Morgan fingerprint density at radius 1 is 1.55 bits per heavy atom. The number of rotatable bonds is 0. The molecule has 0 saturated heterocycles. The van der Waals surface area contributed by atoms with Crippen molar-refractivity contribution in [2.24, 2.45) is 0 Å². The van der Waals surface area contributed by atoms with Crippen LogP contribution >= 0.6 is 35.2 Å². The molecule has 0 saturated carbocycles. The zero-order valence-electron chi connectivity index (χ0n) is 5.93. The van der Waals surface area contributed by atoms with Crippen LogP contribution in [0.4, 0.5) is 0 Å². The molecule has 0 N–H and O–H groups in total. The lowest BCUT2D eigenvalue weighted by molar-refractivity contribution is 1.30. The number of hydrogen-bond donors (Lipinski definition) is 1. The number of nitriles is 1. The lowest BCUT2D eigenvalue weighted by Gasteiger charge is -2.00. The van der Waals surface area contributed by atoms with Gasteiger partial charge in [0.05, 0.1) is 11.6 Å². The van der Waals surface area contributed by atoms with Crippen molar-refractivity contribution in [3.05, 3.63) is 26.8 Å². The highest BCUT2D eigenvalue weighted by molar-refractivity contribution is 14.1. The van der Waals surface area contributed by atoms with Gasteiger partial charge in [-0.2, -0.15) is 5.26 Å². The minimum absolute atomic E-state index is 0.710. The minimum atomic E-state index is 0.710. The second-order valence-electron chi connectivity index (χ2n) is 2.21. The van der Waals surface area contributed by atoms with E-state index in [4.69, 9.17) is 5.26 Å². The Kier molecular flexibility index (Phi) is 2.79. The van der Waals surface area contributed by atoms with Crippen LogP contribution in [0.25, 0.3) is 0 Å². The summed E-state index contributed by atoms with van der Waals surface area (Å²) < 4.78 is 1.09. The highest BCUT2D eigenvalue weighted by Crippen LogP contribution is 2.19. The summed E-state index contributed by atoms with van der Waals surface area (Å²) in [5.41, 5.74) is 1.74. The van der Waals surface area contributed by atoms with Crippen molar-refractivity contribution in [1.82, 2.24) is 0 Å². The molecule has 0 aliphatic rings. The van der Waals surface area contributed by atoms with Crippen LogP contribution in [0.3, 0.4) is 0 Å². The fourth-order valence-electron chi connectivity index (χ4n) is 0.781. The van der Waals surface area contributed by atoms with Crippen molar-refractivity contribution in [2.75, 3.05) is 0 Å². The molecule has 0 amide bonds. The fourth-order valence-corrected chi connectivity index (χ4v) is 1.91. The summed E-state index contributed by atoms with van der Waals surface area (Å²) in [5.74, 6) is 0. The largest absolute Gasteiger partial charge is 0.192 e. The molecule has 0 radical (unpaired) electrons. The summed E-state index contributed by atoms with van der Waals surface area (Å²) in [7, 11) is 0. The number of benzene rings is 1. The van der Waals surface area contributed by atoms with Crippen molar-refractivity contribution in [3.63, 3.8) is 0 Å². The maximum Gasteiger partial charge on any atom is 0.0995 e. The summed E-state index contributed by atoms with van der Waals surface area (Å²) in [6.45, 7) is 1.94. The van der Waals surface area contributed by atoms with Gasteiger partial charge in [0, 0.05) is 8.47 Å². The van der Waals surface area contributed by atoms with Crippen molar-refractivity contribution >= 4 is 35.2 Å². The van der Waals surface area contributed by atoms with E-state index in [2.05, 4.69) is 41.3 Å². The molecule has 1 aromatic carbocycles. The van der Waals surface area contributed by atoms with Gasteiger partial charge in [0.1, 0.15) is 0 Å². The molecule has 11 heavy (non-hydrogen) atoms. The highest BCUT2D eigenvalue weighted by Gasteiger charge is 2.01. The van der Waals surface area contributed by atoms with Crippen LogP contribution in [0.2, 0.25) is 0 Å². The molecule has 0 unspecified atom stereocenters. The number of thiol groups is 1.